The molecule has 1 saturated heterocycles. The van der Waals surface area contributed by atoms with Gasteiger partial charge < -0.3 is 20.1 Å². The van der Waals surface area contributed by atoms with Gasteiger partial charge in [-0.2, -0.15) is 0 Å². The summed E-state index contributed by atoms with van der Waals surface area (Å²) in [4.78, 5) is 44.7. The molecule has 0 unspecified atom stereocenters. The van der Waals surface area contributed by atoms with Crippen LogP contribution in [-0.4, -0.2) is 50.8 Å². The van der Waals surface area contributed by atoms with Crippen molar-refractivity contribution in [3.8, 4) is 0 Å². The summed E-state index contributed by atoms with van der Waals surface area (Å²) in [5.74, 6) is -0.688. The van der Waals surface area contributed by atoms with Gasteiger partial charge in [-0.1, -0.05) is 18.2 Å². The van der Waals surface area contributed by atoms with E-state index in [0.29, 0.717) is 23.4 Å². The Morgan fingerprint density at radius 2 is 2.03 bits per heavy atom. The fraction of sp³-hybridized carbons (Fsp3) is 0.200. The third-order valence-electron chi connectivity index (χ3n) is 6.04. The Morgan fingerprint density at radius 1 is 1.15 bits per heavy atom. The number of pyridine rings is 1. The highest BCUT2D eigenvalue weighted by Gasteiger charge is 2.43. The number of amides is 3. The number of aryl methyl sites for hydroxylation is 1. The van der Waals surface area contributed by atoms with Gasteiger partial charge in [-0.15, -0.1) is 0 Å². The van der Waals surface area contributed by atoms with E-state index in [9.17, 15) is 14.4 Å². The predicted octanol–water partition coefficient (Wildman–Crippen LogP) is 2.56. The number of nitrogens with one attached hydrogen (secondary N) is 2. The summed E-state index contributed by atoms with van der Waals surface area (Å²) in [6.45, 7) is 0.278. The van der Waals surface area contributed by atoms with E-state index in [0.717, 1.165) is 11.3 Å². The molecule has 2 atom stereocenters. The highest BCUT2D eigenvalue weighted by Crippen LogP contribution is 2.30. The number of rotatable bonds is 4. The van der Waals surface area contributed by atoms with Crippen molar-refractivity contribution in [3.63, 3.8) is 0 Å². The van der Waals surface area contributed by atoms with Gasteiger partial charge in [0.2, 0.25) is 5.91 Å². The molecular formula is C25H23N5O3. The summed E-state index contributed by atoms with van der Waals surface area (Å²) in [5, 5.41) is 5.84. The minimum absolute atomic E-state index is 0.222. The molecule has 5 rings (SSSR count). The molecule has 1 fully saturated rings. The standard InChI is InChI=1S/C25H23N5O3/c1-29-12-4-6-21(29)23(31)27-18-14-22-24(32)28-20-10-8-16(7-9-17-5-2-3-11-26-17)13-19(20)25(33)30(22)15-18/h2-13,18,22H,14-15H2,1H3,(H,27,31)(H,28,32)/b9-7+/t18-,22-/m0/s1. The van der Waals surface area contributed by atoms with E-state index >= 15 is 0 Å². The average Bonchev–Trinajstić information content (AvgIpc) is 3.42. The fourth-order valence-corrected chi connectivity index (χ4v) is 4.35. The normalized spacial score (nSPS) is 19.7. The maximum Gasteiger partial charge on any atom is 0.268 e. The molecule has 0 radical (unpaired) electrons. The van der Waals surface area contributed by atoms with Crippen molar-refractivity contribution < 1.29 is 14.4 Å². The lowest BCUT2D eigenvalue weighted by atomic mass is 10.1. The van der Waals surface area contributed by atoms with Gasteiger partial charge >= 0.3 is 0 Å². The van der Waals surface area contributed by atoms with Gasteiger partial charge in [0.05, 0.1) is 16.9 Å². The van der Waals surface area contributed by atoms with Gasteiger partial charge in [0.1, 0.15) is 11.7 Å². The lowest BCUT2D eigenvalue weighted by Gasteiger charge is -2.20. The van der Waals surface area contributed by atoms with Crippen LogP contribution in [0.15, 0.2) is 60.9 Å². The second kappa shape index (κ2) is 8.38. The van der Waals surface area contributed by atoms with Crippen molar-refractivity contribution in [3.05, 3.63) is 83.4 Å². The Morgan fingerprint density at radius 3 is 2.79 bits per heavy atom. The SMILES string of the molecule is Cn1cccc1C(=O)N[C@H]1C[C@H]2C(=O)Nc3ccc(/C=C/c4ccccn4)cc3C(=O)N2C1. The summed E-state index contributed by atoms with van der Waals surface area (Å²) in [5.41, 5.74) is 3.10. The van der Waals surface area contributed by atoms with Crippen molar-refractivity contribution in [1.82, 2.24) is 19.8 Å². The van der Waals surface area contributed by atoms with Crippen LogP contribution in [0.3, 0.4) is 0 Å². The number of fused-ring (bicyclic) bond motifs is 2. The zero-order valence-electron chi connectivity index (χ0n) is 18.1. The molecule has 8 nitrogen and oxygen atoms in total. The molecule has 2 N–H and O–H groups in total. The van der Waals surface area contributed by atoms with E-state index in [2.05, 4.69) is 15.6 Å². The van der Waals surface area contributed by atoms with Crippen molar-refractivity contribution >= 4 is 35.6 Å². The maximum absolute atomic E-state index is 13.4. The molecule has 0 aliphatic carbocycles. The smallest absolute Gasteiger partial charge is 0.268 e. The fourth-order valence-electron chi connectivity index (χ4n) is 4.35. The molecule has 2 aliphatic heterocycles. The lowest BCUT2D eigenvalue weighted by Crippen LogP contribution is -2.41. The van der Waals surface area contributed by atoms with Crippen molar-refractivity contribution in [2.75, 3.05) is 11.9 Å². The zero-order valence-corrected chi connectivity index (χ0v) is 18.1. The van der Waals surface area contributed by atoms with Crippen LogP contribution in [-0.2, 0) is 11.8 Å². The van der Waals surface area contributed by atoms with E-state index in [1.165, 1.54) is 0 Å². The molecule has 0 saturated carbocycles. The number of carbonyl (C=O) groups is 3. The van der Waals surface area contributed by atoms with Gasteiger partial charge in [-0.3, -0.25) is 19.4 Å². The molecule has 0 spiro atoms. The average molecular weight is 441 g/mol. The topological polar surface area (TPSA) is 96.3 Å². The van der Waals surface area contributed by atoms with Crippen LogP contribution in [0.2, 0.25) is 0 Å². The van der Waals surface area contributed by atoms with Crippen LogP contribution in [0, 0.1) is 0 Å². The number of hydrogen-bond donors (Lipinski definition) is 2. The van der Waals surface area contributed by atoms with E-state index in [1.54, 1.807) is 53.2 Å². The Kier molecular flexibility index (Phi) is 5.26. The zero-order chi connectivity index (χ0) is 22.9. The third kappa shape index (κ3) is 4.03. The number of benzene rings is 1. The van der Waals surface area contributed by atoms with Crippen LogP contribution in [0.1, 0.15) is 38.5 Å². The van der Waals surface area contributed by atoms with Gasteiger partial charge in [0.25, 0.3) is 11.8 Å². The molecule has 4 heterocycles. The van der Waals surface area contributed by atoms with Crippen molar-refractivity contribution in [2.24, 2.45) is 7.05 Å². The highest BCUT2D eigenvalue weighted by atomic mass is 16.2. The van der Waals surface area contributed by atoms with Crippen LogP contribution in [0.4, 0.5) is 5.69 Å². The number of hydrogen-bond acceptors (Lipinski definition) is 4. The maximum atomic E-state index is 13.4. The summed E-state index contributed by atoms with van der Waals surface area (Å²) < 4.78 is 1.73. The van der Waals surface area contributed by atoms with E-state index < -0.39 is 6.04 Å². The largest absolute Gasteiger partial charge is 0.347 e. The van der Waals surface area contributed by atoms with Gasteiger partial charge in [-0.05, 0) is 54.5 Å². The molecular weight excluding hydrogens is 418 g/mol. The minimum atomic E-state index is -0.629. The molecule has 33 heavy (non-hydrogen) atoms. The Hall–Kier alpha value is -4.20. The molecule has 3 aromatic rings. The van der Waals surface area contributed by atoms with Gasteiger partial charge in [0, 0.05) is 32.0 Å². The first-order chi connectivity index (χ1) is 16.0. The molecule has 2 aliphatic rings. The second-order valence-electron chi connectivity index (χ2n) is 8.27. The summed E-state index contributed by atoms with van der Waals surface area (Å²) in [6.07, 6.45) is 7.64. The molecule has 166 valence electrons. The van der Waals surface area contributed by atoms with Crippen LogP contribution >= 0.6 is 0 Å². The van der Waals surface area contributed by atoms with Gasteiger partial charge in [0.15, 0.2) is 0 Å². The van der Waals surface area contributed by atoms with E-state index in [4.69, 9.17) is 0 Å². The third-order valence-corrected chi connectivity index (χ3v) is 6.04. The quantitative estimate of drug-likeness (QED) is 0.650. The summed E-state index contributed by atoms with van der Waals surface area (Å²) >= 11 is 0. The van der Waals surface area contributed by atoms with Crippen LogP contribution in [0.25, 0.3) is 12.2 Å². The molecule has 8 heteroatoms. The first-order valence-electron chi connectivity index (χ1n) is 10.8. The summed E-state index contributed by atoms with van der Waals surface area (Å²) in [7, 11) is 1.80. The predicted molar refractivity (Wildman–Crippen MR) is 124 cm³/mol. The summed E-state index contributed by atoms with van der Waals surface area (Å²) in [6, 6.07) is 13.6. The number of anilines is 1. The van der Waals surface area contributed by atoms with Crippen LogP contribution < -0.4 is 10.6 Å². The molecule has 0 bridgehead atoms. The van der Waals surface area contributed by atoms with Crippen LogP contribution in [0.5, 0.6) is 0 Å². The van der Waals surface area contributed by atoms with E-state index in [1.807, 2.05) is 36.4 Å². The van der Waals surface area contributed by atoms with Gasteiger partial charge in [-0.25, -0.2) is 0 Å². The molecule has 3 amide bonds. The number of carbonyl (C=O) groups excluding carboxylic acids is 3. The molecule has 2 aromatic heterocycles. The lowest BCUT2D eigenvalue weighted by molar-refractivity contribution is -0.119. The molecule has 1 aromatic carbocycles. The monoisotopic (exact) mass is 441 g/mol. The number of aromatic nitrogens is 2. The van der Waals surface area contributed by atoms with E-state index in [-0.39, 0.29) is 30.3 Å². The highest BCUT2D eigenvalue weighted by molar-refractivity contribution is 6.10. The minimum Gasteiger partial charge on any atom is -0.347 e. The number of nitrogens with zero attached hydrogens (tertiary/aromatic N) is 3. The first kappa shape index (κ1) is 20.7. The Bertz CT molecular complexity index is 1260. The Labute approximate surface area is 190 Å². The Balaban J connectivity index is 1.36. The second-order valence-corrected chi connectivity index (χ2v) is 8.27. The van der Waals surface area contributed by atoms with Crippen molar-refractivity contribution in [1.29, 1.82) is 0 Å². The first-order valence-corrected chi connectivity index (χ1v) is 10.8. The van der Waals surface area contributed by atoms with Crippen molar-refractivity contribution in [2.45, 2.75) is 18.5 Å².